The first-order valence-electron chi connectivity index (χ1n) is 10.8. The molecule has 31 heavy (non-hydrogen) atoms. The van der Waals surface area contributed by atoms with E-state index in [1.54, 1.807) is 24.1 Å². The number of carbonyl (C=O) groups is 2. The van der Waals surface area contributed by atoms with E-state index in [1.165, 1.54) is 0 Å². The number of anilines is 2. The van der Waals surface area contributed by atoms with E-state index >= 15 is 0 Å². The Balaban J connectivity index is 1.47. The van der Waals surface area contributed by atoms with Gasteiger partial charge in [0.2, 0.25) is 0 Å². The Labute approximate surface area is 183 Å². The molecule has 166 valence electrons. The predicted molar refractivity (Wildman–Crippen MR) is 122 cm³/mol. The molecule has 1 aliphatic rings. The smallest absolute Gasteiger partial charge is 0.340 e. The number of esters is 1. The molecule has 0 aliphatic carbocycles. The Kier molecular flexibility index (Phi) is 8.15. The van der Waals surface area contributed by atoms with Crippen LogP contribution in [0.25, 0.3) is 0 Å². The predicted octanol–water partition coefficient (Wildman–Crippen LogP) is 3.41. The maximum absolute atomic E-state index is 12.6. The van der Waals surface area contributed by atoms with Gasteiger partial charge in [-0.2, -0.15) is 0 Å². The lowest BCUT2D eigenvalue weighted by Gasteiger charge is -2.36. The molecule has 3 rings (SSSR count). The SMILES string of the molecule is CCCCNc1ccccc1C(=O)OCC(=O)N1CCN(c2ccc(OC)cc2)CC1. The van der Waals surface area contributed by atoms with E-state index in [-0.39, 0.29) is 12.5 Å². The first-order chi connectivity index (χ1) is 15.1. The fourth-order valence-electron chi connectivity index (χ4n) is 3.52. The lowest BCUT2D eigenvalue weighted by Crippen LogP contribution is -2.49. The van der Waals surface area contributed by atoms with E-state index < -0.39 is 5.97 Å². The van der Waals surface area contributed by atoms with Crippen molar-refractivity contribution in [2.75, 3.05) is 56.7 Å². The fourth-order valence-corrected chi connectivity index (χ4v) is 3.52. The number of amides is 1. The zero-order valence-corrected chi connectivity index (χ0v) is 18.3. The average molecular weight is 426 g/mol. The number of carbonyl (C=O) groups excluding carboxylic acids is 2. The molecule has 0 unspecified atom stereocenters. The molecule has 0 radical (unpaired) electrons. The van der Waals surface area contributed by atoms with Gasteiger partial charge >= 0.3 is 5.97 Å². The van der Waals surface area contributed by atoms with Gasteiger partial charge in [0.25, 0.3) is 5.91 Å². The molecule has 0 saturated carbocycles. The van der Waals surface area contributed by atoms with E-state index in [4.69, 9.17) is 9.47 Å². The summed E-state index contributed by atoms with van der Waals surface area (Å²) in [5.74, 6) is 0.172. The van der Waals surface area contributed by atoms with E-state index in [2.05, 4.69) is 17.1 Å². The van der Waals surface area contributed by atoms with Crippen molar-refractivity contribution < 1.29 is 19.1 Å². The molecule has 7 heteroatoms. The van der Waals surface area contributed by atoms with Crippen LogP contribution in [0.2, 0.25) is 0 Å². The fraction of sp³-hybridized carbons (Fsp3) is 0.417. The molecule has 0 aromatic heterocycles. The van der Waals surface area contributed by atoms with Gasteiger partial charge in [0.1, 0.15) is 5.75 Å². The topological polar surface area (TPSA) is 71.1 Å². The zero-order valence-electron chi connectivity index (χ0n) is 18.3. The molecule has 0 atom stereocenters. The van der Waals surface area contributed by atoms with Gasteiger partial charge in [0.15, 0.2) is 6.61 Å². The number of rotatable bonds is 9. The summed E-state index contributed by atoms with van der Waals surface area (Å²) < 4.78 is 10.5. The van der Waals surface area contributed by atoms with Crippen LogP contribution in [0.1, 0.15) is 30.1 Å². The summed E-state index contributed by atoms with van der Waals surface area (Å²) >= 11 is 0. The van der Waals surface area contributed by atoms with Crippen LogP contribution in [0.5, 0.6) is 5.75 Å². The van der Waals surface area contributed by atoms with Gasteiger partial charge in [-0.05, 0) is 42.8 Å². The van der Waals surface area contributed by atoms with Crippen LogP contribution in [-0.4, -0.2) is 63.2 Å². The molecule has 2 aromatic rings. The largest absolute Gasteiger partial charge is 0.497 e. The van der Waals surface area contributed by atoms with Gasteiger partial charge in [0.05, 0.1) is 12.7 Å². The van der Waals surface area contributed by atoms with Crippen LogP contribution in [0.15, 0.2) is 48.5 Å². The maximum atomic E-state index is 12.6. The molecular formula is C24H31N3O4. The van der Waals surface area contributed by atoms with Crippen LogP contribution in [0.3, 0.4) is 0 Å². The summed E-state index contributed by atoms with van der Waals surface area (Å²) in [6.07, 6.45) is 2.09. The van der Waals surface area contributed by atoms with Crippen molar-refractivity contribution in [2.45, 2.75) is 19.8 Å². The number of ether oxygens (including phenoxy) is 2. The molecule has 2 aromatic carbocycles. The van der Waals surface area contributed by atoms with Crippen molar-refractivity contribution in [3.63, 3.8) is 0 Å². The van der Waals surface area contributed by atoms with Crippen LogP contribution >= 0.6 is 0 Å². The van der Waals surface area contributed by atoms with Gasteiger partial charge in [-0.15, -0.1) is 0 Å². The Hall–Kier alpha value is -3.22. The van der Waals surface area contributed by atoms with Gasteiger partial charge in [-0.3, -0.25) is 4.79 Å². The second-order valence-electron chi connectivity index (χ2n) is 7.47. The minimum absolute atomic E-state index is 0.167. The van der Waals surface area contributed by atoms with Gasteiger partial charge in [-0.1, -0.05) is 25.5 Å². The van der Waals surface area contributed by atoms with Crippen molar-refractivity contribution in [1.82, 2.24) is 4.90 Å². The van der Waals surface area contributed by atoms with Crippen molar-refractivity contribution in [3.05, 3.63) is 54.1 Å². The third kappa shape index (κ3) is 6.13. The molecule has 1 aliphatic heterocycles. The Bertz CT molecular complexity index is 861. The Morgan fingerprint density at radius 2 is 1.71 bits per heavy atom. The zero-order chi connectivity index (χ0) is 22.1. The van der Waals surface area contributed by atoms with Crippen LogP contribution in [0.4, 0.5) is 11.4 Å². The lowest BCUT2D eigenvalue weighted by atomic mass is 10.1. The normalized spacial score (nSPS) is 13.6. The number of hydrogen-bond acceptors (Lipinski definition) is 6. The van der Waals surface area contributed by atoms with Crippen LogP contribution in [0, 0.1) is 0 Å². The molecular weight excluding hydrogens is 394 g/mol. The van der Waals surface area contributed by atoms with Crippen molar-refractivity contribution in [2.24, 2.45) is 0 Å². The molecule has 1 amide bonds. The van der Waals surface area contributed by atoms with Crippen molar-refractivity contribution in [1.29, 1.82) is 0 Å². The summed E-state index contributed by atoms with van der Waals surface area (Å²) in [5.41, 5.74) is 2.30. The number of para-hydroxylation sites is 1. The first kappa shape index (κ1) is 22.5. The van der Waals surface area contributed by atoms with E-state index in [0.717, 1.165) is 49.6 Å². The highest BCUT2D eigenvalue weighted by atomic mass is 16.5. The highest BCUT2D eigenvalue weighted by Crippen LogP contribution is 2.21. The van der Waals surface area contributed by atoms with Crippen LogP contribution in [-0.2, 0) is 9.53 Å². The number of piperazine rings is 1. The lowest BCUT2D eigenvalue weighted by molar-refractivity contribution is -0.134. The Morgan fingerprint density at radius 3 is 2.39 bits per heavy atom. The van der Waals surface area contributed by atoms with Gasteiger partial charge in [-0.25, -0.2) is 4.79 Å². The minimum Gasteiger partial charge on any atom is -0.497 e. The molecule has 1 fully saturated rings. The summed E-state index contributed by atoms with van der Waals surface area (Å²) in [4.78, 5) is 29.1. The molecule has 7 nitrogen and oxygen atoms in total. The number of methoxy groups -OCH3 is 1. The monoisotopic (exact) mass is 425 g/mol. The first-order valence-corrected chi connectivity index (χ1v) is 10.8. The highest BCUT2D eigenvalue weighted by molar-refractivity contribution is 5.96. The molecule has 1 saturated heterocycles. The van der Waals surface area contributed by atoms with Crippen LogP contribution < -0.4 is 15.0 Å². The molecule has 0 bridgehead atoms. The number of benzene rings is 2. The van der Waals surface area contributed by atoms with Gasteiger partial charge in [0, 0.05) is 44.1 Å². The van der Waals surface area contributed by atoms with E-state index in [1.807, 2.05) is 36.4 Å². The quantitative estimate of drug-likeness (QED) is 0.490. The highest BCUT2D eigenvalue weighted by Gasteiger charge is 2.23. The number of nitrogens with one attached hydrogen (secondary N) is 1. The number of hydrogen-bond donors (Lipinski definition) is 1. The van der Waals surface area contributed by atoms with E-state index in [0.29, 0.717) is 18.7 Å². The average Bonchev–Trinajstić information content (AvgIpc) is 2.83. The number of unbranched alkanes of at least 4 members (excludes halogenated alkanes) is 1. The third-order valence-corrected chi connectivity index (χ3v) is 5.39. The summed E-state index contributed by atoms with van der Waals surface area (Å²) in [5, 5.41) is 3.26. The molecule has 1 N–H and O–H groups in total. The van der Waals surface area contributed by atoms with Gasteiger partial charge < -0.3 is 24.6 Å². The second kappa shape index (κ2) is 11.2. The number of nitrogens with zero attached hydrogens (tertiary/aromatic N) is 2. The second-order valence-corrected chi connectivity index (χ2v) is 7.47. The van der Waals surface area contributed by atoms with Crippen molar-refractivity contribution in [3.8, 4) is 5.75 Å². The summed E-state index contributed by atoms with van der Waals surface area (Å²) in [7, 11) is 1.65. The Morgan fingerprint density at radius 1 is 1.00 bits per heavy atom. The van der Waals surface area contributed by atoms with E-state index in [9.17, 15) is 9.59 Å². The molecule has 0 spiro atoms. The third-order valence-electron chi connectivity index (χ3n) is 5.39. The molecule has 1 heterocycles. The summed E-state index contributed by atoms with van der Waals surface area (Å²) in [6.45, 7) is 5.31. The summed E-state index contributed by atoms with van der Waals surface area (Å²) in [6, 6.07) is 15.1. The standard InChI is InChI=1S/C24H31N3O4/c1-3-4-13-25-22-8-6-5-7-21(22)24(29)31-18-23(28)27-16-14-26(15-17-27)19-9-11-20(30-2)12-10-19/h5-12,25H,3-4,13-18H2,1-2H3. The minimum atomic E-state index is -0.482. The van der Waals surface area contributed by atoms with Crippen molar-refractivity contribution >= 4 is 23.3 Å². The maximum Gasteiger partial charge on any atom is 0.340 e.